The molecule has 4 nitrogen and oxygen atoms in total. The largest absolute Gasteiger partial charge is 0.480 e. The molecule has 0 atom stereocenters. The van der Waals surface area contributed by atoms with Crippen molar-refractivity contribution >= 4 is 35.5 Å². The molecule has 1 rings (SSSR count). The molecule has 0 aromatic carbocycles. The summed E-state index contributed by atoms with van der Waals surface area (Å²) in [6, 6.07) is 0. The Kier molecular flexibility index (Phi) is 2.45. The highest BCUT2D eigenvalue weighted by molar-refractivity contribution is 8.39. The van der Waals surface area contributed by atoms with Gasteiger partial charge in [0.25, 0.3) is 0 Å². The van der Waals surface area contributed by atoms with Gasteiger partial charge in [-0.1, -0.05) is 23.5 Å². The zero-order valence-electron chi connectivity index (χ0n) is 5.18. The van der Waals surface area contributed by atoms with Gasteiger partial charge >= 0.3 is 11.9 Å². The molecule has 0 unspecified atom stereocenters. The van der Waals surface area contributed by atoms with Gasteiger partial charge in [-0.3, -0.25) is 4.79 Å². The molecule has 0 aromatic heterocycles. The van der Waals surface area contributed by atoms with Gasteiger partial charge in [0.1, 0.15) is 0 Å². The van der Waals surface area contributed by atoms with Crippen LogP contribution in [0.15, 0.2) is 10.3 Å². The van der Waals surface area contributed by atoms with E-state index in [0.29, 0.717) is 4.24 Å². The van der Waals surface area contributed by atoms with Crippen LogP contribution in [0.3, 0.4) is 0 Å². The van der Waals surface area contributed by atoms with Crippen molar-refractivity contribution in [2.45, 2.75) is 4.58 Å². The Balaban J connectivity index is 2.40. The number of rotatable bonds is 2. The molecule has 1 fully saturated rings. The van der Waals surface area contributed by atoms with Crippen LogP contribution in [-0.2, 0) is 9.59 Å². The smallest absolute Gasteiger partial charge is 0.329 e. The normalized spacial score (nSPS) is 22.2. The van der Waals surface area contributed by atoms with E-state index in [1.165, 1.54) is 0 Å². The Morgan fingerprint density at radius 2 is 1.91 bits per heavy atom. The average molecular weight is 192 g/mol. The molecule has 0 aromatic rings. The topological polar surface area (TPSA) is 74.6 Å². The third kappa shape index (κ3) is 2.16. The molecule has 1 heterocycles. The van der Waals surface area contributed by atoms with Crippen LogP contribution in [0.1, 0.15) is 0 Å². The highest BCUT2D eigenvalue weighted by Gasteiger charge is 2.32. The molecule has 1 aliphatic rings. The lowest BCUT2D eigenvalue weighted by molar-refractivity contribution is -0.135. The summed E-state index contributed by atoms with van der Waals surface area (Å²) in [5.41, 5.74) is 0. The van der Waals surface area contributed by atoms with Crippen LogP contribution in [0.2, 0.25) is 0 Å². The summed E-state index contributed by atoms with van der Waals surface area (Å²) in [5, 5.41) is 16.6. The van der Waals surface area contributed by atoms with E-state index in [9.17, 15) is 9.59 Å². The predicted octanol–water partition coefficient (Wildman–Crippen LogP) is 0.803. The van der Waals surface area contributed by atoms with E-state index in [1.54, 1.807) is 0 Å². The molecule has 0 bridgehead atoms. The van der Waals surface area contributed by atoms with Gasteiger partial charge in [-0.15, -0.1) is 0 Å². The lowest BCUT2D eigenvalue weighted by Crippen LogP contribution is -2.18. The first-order chi connectivity index (χ1) is 5.09. The van der Waals surface area contributed by atoms with Gasteiger partial charge in [0.2, 0.25) is 0 Å². The lowest BCUT2D eigenvalue weighted by Gasteiger charge is -2.22. The van der Waals surface area contributed by atoms with E-state index in [1.807, 2.05) is 0 Å². The number of carboxylic acid groups (broad SMARTS) is 2. The van der Waals surface area contributed by atoms with Crippen molar-refractivity contribution in [1.29, 1.82) is 0 Å². The van der Waals surface area contributed by atoms with Crippen LogP contribution in [0.5, 0.6) is 0 Å². The van der Waals surface area contributed by atoms with Crippen molar-refractivity contribution in [3.8, 4) is 0 Å². The second-order valence-electron chi connectivity index (χ2n) is 1.71. The van der Waals surface area contributed by atoms with Crippen LogP contribution in [0, 0.1) is 0 Å². The van der Waals surface area contributed by atoms with Gasteiger partial charge in [-0.05, 0) is 0 Å². The van der Waals surface area contributed by atoms with E-state index in [2.05, 4.69) is 0 Å². The van der Waals surface area contributed by atoms with Gasteiger partial charge < -0.3 is 10.2 Å². The van der Waals surface area contributed by atoms with Crippen LogP contribution in [-0.4, -0.2) is 26.7 Å². The molecule has 6 heteroatoms. The zero-order valence-corrected chi connectivity index (χ0v) is 6.82. The fraction of sp³-hybridized carbons (Fsp3) is 0.200. The van der Waals surface area contributed by atoms with Gasteiger partial charge in [-0.2, -0.15) is 0 Å². The maximum Gasteiger partial charge on any atom is 0.329 e. The molecule has 11 heavy (non-hydrogen) atoms. The Bertz CT molecular complexity index is 227. The van der Waals surface area contributed by atoms with Gasteiger partial charge in [-0.25, -0.2) is 4.79 Å². The van der Waals surface area contributed by atoms with Crippen molar-refractivity contribution < 1.29 is 19.8 Å². The number of hydrogen-bond donors (Lipinski definition) is 2. The number of hydrogen-bond acceptors (Lipinski definition) is 4. The van der Waals surface area contributed by atoms with Gasteiger partial charge in [0.05, 0.1) is 4.24 Å². The second-order valence-corrected chi connectivity index (χ2v) is 4.56. The average Bonchev–Trinajstić information content (AvgIpc) is 1.75. The molecule has 0 aliphatic carbocycles. The number of aliphatic carboxylic acids is 2. The van der Waals surface area contributed by atoms with E-state index < -0.39 is 16.5 Å². The fourth-order valence-electron chi connectivity index (χ4n) is 0.489. The van der Waals surface area contributed by atoms with E-state index in [4.69, 9.17) is 10.2 Å². The minimum atomic E-state index is -1.04. The number of carbonyl (C=O) groups is 2. The highest BCUT2D eigenvalue weighted by Crippen LogP contribution is 2.50. The molecule has 0 radical (unpaired) electrons. The molecule has 60 valence electrons. The van der Waals surface area contributed by atoms with Gasteiger partial charge in [0.15, 0.2) is 4.58 Å². The third-order valence-corrected chi connectivity index (χ3v) is 3.58. The Morgan fingerprint density at radius 1 is 1.36 bits per heavy atom. The SMILES string of the molecule is O=C(O)C=C1SC(C(=O)O)S1. The van der Waals surface area contributed by atoms with Crippen molar-refractivity contribution in [3.63, 3.8) is 0 Å². The van der Waals surface area contributed by atoms with Crippen molar-refractivity contribution in [3.05, 3.63) is 10.3 Å². The summed E-state index contributed by atoms with van der Waals surface area (Å²) in [6.07, 6.45) is 1.01. The van der Waals surface area contributed by atoms with Crippen LogP contribution >= 0.6 is 23.5 Å². The van der Waals surface area contributed by atoms with Crippen LogP contribution in [0.25, 0.3) is 0 Å². The van der Waals surface area contributed by atoms with Crippen LogP contribution in [0.4, 0.5) is 0 Å². The summed E-state index contributed by atoms with van der Waals surface area (Å²) >= 11 is 2.11. The quantitative estimate of drug-likeness (QED) is 0.630. The summed E-state index contributed by atoms with van der Waals surface area (Å²) in [5.74, 6) is -1.95. The summed E-state index contributed by atoms with van der Waals surface area (Å²) in [7, 11) is 0. The predicted molar refractivity (Wildman–Crippen MR) is 42.3 cm³/mol. The Morgan fingerprint density at radius 3 is 2.27 bits per heavy atom. The number of carboxylic acids is 2. The minimum absolute atomic E-state index is 0.527. The monoisotopic (exact) mass is 192 g/mol. The fourth-order valence-corrected chi connectivity index (χ4v) is 2.38. The molecule has 1 saturated heterocycles. The van der Waals surface area contributed by atoms with E-state index in [0.717, 1.165) is 29.6 Å². The maximum atomic E-state index is 10.2. The Hall–Kier alpha value is -0.620. The van der Waals surface area contributed by atoms with E-state index >= 15 is 0 Å². The first-order valence-electron chi connectivity index (χ1n) is 2.60. The summed E-state index contributed by atoms with van der Waals surface area (Å²) in [6.45, 7) is 0. The summed E-state index contributed by atoms with van der Waals surface area (Å²) in [4.78, 5) is 20.2. The maximum absolute atomic E-state index is 10.2. The molecule has 0 spiro atoms. The Labute approximate surface area is 70.7 Å². The van der Waals surface area contributed by atoms with Gasteiger partial charge in [0, 0.05) is 6.08 Å². The third-order valence-electron chi connectivity index (χ3n) is 0.889. The molecular formula is C5H4O4S2. The first-order valence-corrected chi connectivity index (χ1v) is 4.36. The van der Waals surface area contributed by atoms with Crippen LogP contribution < -0.4 is 0 Å². The summed E-state index contributed by atoms with van der Waals surface area (Å²) < 4.78 is 0.0190. The van der Waals surface area contributed by atoms with Crippen molar-refractivity contribution in [1.82, 2.24) is 0 Å². The first kappa shape index (κ1) is 8.48. The zero-order chi connectivity index (χ0) is 8.43. The molecule has 0 amide bonds. The standard InChI is InChI=1S/C5H4O4S2/c6-2(7)1-3-10-5(11-3)4(8)9/h1,5H,(H,6,7)(H,8,9). The minimum Gasteiger partial charge on any atom is -0.480 e. The lowest BCUT2D eigenvalue weighted by atomic mass is 10.7. The van der Waals surface area contributed by atoms with Crippen molar-refractivity contribution in [2.75, 3.05) is 0 Å². The molecule has 2 N–H and O–H groups in total. The molecule has 1 aliphatic heterocycles. The highest BCUT2D eigenvalue weighted by atomic mass is 32.3. The molecular weight excluding hydrogens is 188 g/mol. The second kappa shape index (κ2) is 3.19. The van der Waals surface area contributed by atoms with Crippen molar-refractivity contribution in [2.24, 2.45) is 0 Å². The van der Waals surface area contributed by atoms with E-state index in [-0.39, 0.29) is 0 Å². The molecule has 0 saturated carbocycles. The number of thioether (sulfide) groups is 2.